The van der Waals surface area contributed by atoms with Gasteiger partial charge >= 0.3 is 0 Å². The average Bonchev–Trinajstić information content (AvgIpc) is 2.76. The van der Waals surface area contributed by atoms with Gasteiger partial charge in [-0.15, -0.1) is 11.3 Å². The van der Waals surface area contributed by atoms with Gasteiger partial charge in [0, 0.05) is 22.5 Å². The molecular formula is C15H20N2S. The van der Waals surface area contributed by atoms with Gasteiger partial charge in [-0.2, -0.15) is 0 Å². The van der Waals surface area contributed by atoms with Crippen molar-refractivity contribution in [2.75, 3.05) is 5.32 Å². The SMILES string of the molecule is Cc1ncccc1NCc1ccc(C(C)(C)C)s1. The van der Waals surface area contributed by atoms with Gasteiger partial charge in [0.05, 0.1) is 11.4 Å². The zero-order chi connectivity index (χ0) is 13.2. The highest BCUT2D eigenvalue weighted by Gasteiger charge is 2.15. The third-order valence-corrected chi connectivity index (χ3v) is 4.37. The molecule has 2 nitrogen and oxygen atoms in total. The van der Waals surface area contributed by atoms with Crippen molar-refractivity contribution in [1.29, 1.82) is 0 Å². The van der Waals surface area contributed by atoms with Crippen molar-refractivity contribution in [2.45, 2.75) is 39.7 Å². The van der Waals surface area contributed by atoms with E-state index in [1.807, 2.05) is 30.5 Å². The lowest BCUT2D eigenvalue weighted by Crippen LogP contribution is -2.07. The van der Waals surface area contributed by atoms with E-state index in [4.69, 9.17) is 0 Å². The third kappa shape index (κ3) is 3.10. The Morgan fingerprint density at radius 3 is 2.61 bits per heavy atom. The highest BCUT2D eigenvalue weighted by atomic mass is 32.1. The lowest BCUT2D eigenvalue weighted by atomic mass is 9.95. The number of rotatable bonds is 3. The molecule has 1 N–H and O–H groups in total. The van der Waals surface area contributed by atoms with Crippen molar-refractivity contribution in [1.82, 2.24) is 4.98 Å². The molecule has 0 saturated carbocycles. The van der Waals surface area contributed by atoms with Crippen LogP contribution < -0.4 is 5.32 Å². The Balaban J connectivity index is 2.03. The predicted octanol–water partition coefficient (Wildman–Crippen LogP) is 4.36. The first-order valence-electron chi connectivity index (χ1n) is 6.21. The number of hydrogen-bond acceptors (Lipinski definition) is 3. The van der Waals surface area contributed by atoms with Crippen molar-refractivity contribution in [2.24, 2.45) is 0 Å². The molecule has 96 valence electrons. The van der Waals surface area contributed by atoms with E-state index in [1.54, 1.807) is 0 Å². The Labute approximate surface area is 113 Å². The van der Waals surface area contributed by atoms with E-state index in [2.05, 4.69) is 49.3 Å². The molecule has 0 amide bonds. The average molecular weight is 260 g/mol. The topological polar surface area (TPSA) is 24.9 Å². The number of anilines is 1. The van der Waals surface area contributed by atoms with E-state index in [1.165, 1.54) is 9.75 Å². The first-order valence-corrected chi connectivity index (χ1v) is 7.03. The van der Waals surface area contributed by atoms with Crippen LogP contribution in [0.25, 0.3) is 0 Å². The van der Waals surface area contributed by atoms with Gasteiger partial charge in [-0.25, -0.2) is 0 Å². The van der Waals surface area contributed by atoms with Gasteiger partial charge in [-0.1, -0.05) is 20.8 Å². The number of aromatic nitrogens is 1. The molecule has 0 saturated heterocycles. The van der Waals surface area contributed by atoms with Crippen LogP contribution in [-0.4, -0.2) is 4.98 Å². The Kier molecular flexibility index (Phi) is 3.71. The van der Waals surface area contributed by atoms with Gasteiger partial charge in [0.25, 0.3) is 0 Å². The van der Waals surface area contributed by atoms with Crippen LogP contribution in [-0.2, 0) is 12.0 Å². The molecule has 18 heavy (non-hydrogen) atoms. The molecule has 2 aromatic heterocycles. The Bertz CT molecular complexity index is 523. The lowest BCUT2D eigenvalue weighted by Gasteiger charge is -2.15. The molecule has 0 aromatic carbocycles. The number of hydrogen-bond donors (Lipinski definition) is 1. The standard InChI is InChI=1S/C15H20N2S/c1-11-13(6-5-9-16-11)17-10-12-7-8-14(18-12)15(2,3)4/h5-9,17H,10H2,1-4H3. The van der Waals surface area contributed by atoms with Gasteiger partial charge in [0.15, 0.2) is 0 Å². The smallest absolute Gasteiger partial charge is 0.0603 e. The highest BCUT2D eigenvalue weighted by molar-refractivity contribution is 7.12. The normalized spacial score (nSPS) is 11.6. The molecule has 2 heterocycles. The molecule has 0 aliphatic heterocycles. The highest BCUT2D eigenvalue weighted by Crippen LogP contribution is 2.29. The second kappa shape index (κ2) is 5.11. The molecule has 0 bridgehead atoms. The Morgan fingerprint density at radius 1 is 1.22 bits per heavy atom. The fourth-order valence-electron chi connectivity index (χ4n) is 1.73. The van der Waals surface area contributed by atoms with Gasteiger partial charge in [0.2, 0.25) is 0 Å². The first kappa shape index (κ1) is 13.1. The number of aryl methyl sites for hydroxylation is 1. The van der Waals surface area contributed by atoms with E-state index < -0.39 is 0 Å². The van der Waals surface area contributed by atoms with E-state index in [9.17, 15) is 0 Å². The molecule has 0 atom stereocenters. The number of nitrogens with one attached hydrogen (secondary N) is 1. The van der Waals surface area contributed by atoms with Gasteiger partial charge in [-0.05, 0) is 36.6 Å². The fraction of sp³-hybridized carbons (Fsp3) is 0.400. The van der Waals surface area contributed by atoms with Crippen LogP contribution in [0.2, 0.25) is 0 Å². The van der Waals surface area contributed by atoms with Crippen LogP contribution in [0.5, 0.6) is 0 Å². The van der Waals surface area contributed by atoms with E-state index in [0.717, 1.165) is 17.9 Å². The molecule has 0 aliphatic rings. The molecule has 0 aliphatic carbocycles. The predicted molar refractivity (Wildman–Crippen MR) is 79.3 cm³/mol. The summed E-state index contributed by atoms with van der Waals surface area (Å²) < 4.78 is 0. The molecule has 0 unspecified atom stereocenters. The minimum atomic E-state index is 0.243. The summed E-state index contributed by atoms with van der Waals surface area (Å²) in [4.78, 5) is 7.07. The summed E-state index contributed by atoms with van der Waals surface area (Å²) in [6.45, 7) is 9.65. The quantitative estimate of drug-likeness (QED) is 0.887. The molecule has 2 rings (SSSR count). The monoisotopic (exact) mass is 260 g/mol. The van der Waals surface area contributed by atoms with E-state index in [-0.39, 0.29) is 5.41 Å². The second-order valence-corrected chi connectivity index (χ2v) is 6.67. The van der Waals surface area contributed by atoms with E-state index >= 15 is 0 Å². The summed E-state index contributed by atoms with van der Waals surface area (Å²) in [5.74, 6) is 0. The second-order valence-electron chi connectivity index (χ2n) is 5.51. The maximum absolute atomic E-state index is 4.28. The van der Waals surface area contributed by atoms with Crippen LogP contribution in [0.4, 0.5) is 5.69 Å². The molecule has 0 spiro atoms. The van der Waals surface area contributed by atoms with Gasteiger partial charge in [0.1, 0.15) is 0 Å². The molecular weight excluding hydrogens is 240 g/mol. The van der Waals surface area contributed by atoms with Crippen LogP contribution in [0.1, 0.15) is 36.2 Å². The summed E-state index contributed by atoms with van der Waals surface area (Å²) in [5, 5.41) is 3.44. The van der Waals surface area contributed by atoms with Crippen molar-refractivity contribution in [3.63, 3.8) is 0 Å². The number of nitrogens with zero attached hydrogens (tertiary/aromatic N) is 1. The van der Waals surface area contributed by atoms with E-state index in [0.29, 0.717) is 0 Å². The minimum absolute atomic E-state index is 0.243. The Morgan fingerprint density at radius 2 is 2.00 bits per heavy atom. The maximum Gasteiger partial charge on any atom is 0.0603 e. The van der Waals surface area contributed by atoms with Crippen LogP contribution in [0, 0.1) is 6.92 Å². The van der Waals surface area contributed by atoms with Gasteiger partial charge in [-0.3, -0.25) is 4.98 Å². The van der Waals surface area contributed by atoms with Crippen LogP contribution in [0.3, 0.4) is 0 Å². The summed E-state index contributed by atoms with van der Waals surface area (Å²) in [5.41, 5.74) is 2.40. The first-order chi connectivity index (χ1) is 8.47. The zero-order valence-corrected chi connectivity index (χ0v) is 12.3. The van der Waals surface area contributed by atoms with Crippen molar-refractivity contribution >= 4 is 17.0 Å². The molecule has 2 aromatic rings. The van der Waals surface area contributed by atoms with Gasteiger partial charge < -0.3 is 5.32 Å². The van der Waals surface area contributed by atoms with Crippen LogP contribution in [0.15, 0.2) is 30.5 Å². The van der Waals surface area contributed by atoms with Crippen molar-refractivity contribution in [3.05, 3.63) is 45.9 Å². The number of pyridine rings is 1. The molecule has 3 heteroatoms. The zero-order valence-electron chi connectivity index (χ0n) is 11.4. The molecule has 0 fully saturated rings. The Hall–Kier alpha value is -1.35. The minimum Gasteiger partial charge on any atom is -0.379 e. The summed E-state index contributed by atoms with van der Waals surface area (Å²) in [7, 11) is 0. The fourth-order valence-corrected chi connectivity index (χ4v) is 2.73. The summed E-state index contributed by atoms with van der Waals surface area (Å²) >= 11 is 1.88. The van der Waals surface area contributed by atoms with Crippen molar-refractivity contribution < 1.29 is 0 Å². The third-order valence-electron chi connectivity index (χ3n) is 2.86. The maximum atomic E-state index is 4.28. The lowest BCUT2D eigenvalue weighted by molar-refractivity contribution is 0.604. The largest absolute Gasteiger partial charge is 0.379 e. The number of thiophene rings is 1. The molecule has 0 radical (unpaired) electrons. The van der Waals surface area contributed by atoms with Crippen LogP contribution >= 0.6 is 11.3 Å². The summed E-state index contributed by atoms with van der Waals surface area (Å²) in [6.07, 6.45) is 1.82. The summed E-state index contributed by atoms with van der Waals surface area (Å²) in [6, 6.07) is 8.48. The van der Waals surface area contributed by atoms with Crippen molar-refractivity contribution in [3.8, 4) is 0 Å².